The molecule has 0 bridgehead atoms. The molecule has 0 spiro atoms. The molecule has 0 atom stereocenters. The third-order valence-electron chi connectivity index (χ3n) is 3.31. The van der Waals surface area contributed by atoms with E-state index in [0.717, 1.165) is 43.4 Å². The minimum Gasteiger partial charge on any atom is -0.481 e. The number of methoxy groups -OCH3 is 1. The molecule has 1 fully saturated rings. The second-order valence-corrected chi connectivity index (χ2v) is 4.53. The zero-order chi connectivity index (χ0) is 12.4. The standard InChI is InChI=1S/C12H20N4O/c1-9-10(2)13-12(14-11(9)17-4)16-7-5-15(3)6-8-16/h5-8H2,1-4H3. The summed E-state index contributed by atoms with van der Waals surface area (Å²) in [6, 6.07) is 0. The molecule has 2 heterocycles. The van der Waals surface area contributed by atoms with Crippen LogP contribution in [0.1, 0.15) is 11.3 Å². The molecule has 1 aliphatic heterocycles. The molecule has 0 amide bonds. The molecule has 0 aliphatic carbocycles. The number of nitrogens with zero attached hydrogens (tertiary/aromatic N) is 4. The Kier molecular flexibility index (Phi) is 3.47. The lowest BCUT2D eigenvalue weighted by molar-refractivity contribution is 0.310. The van der Waals surface area contributed by atoms with Crippen LogP contribution in [0.5, 0.6) is 5.88 Å². The summed E-state index contributed by atoms with van der Waals surface area (Å²) in [5, 5.41) is 0. The van der Waals surface area contributed by atoms with Crippen molar-refractivity contribution in [3.8, 4) is 5.88 Å². The van der Waals surface area contributed by atoms with E-state index in [1.54, 1.807) is 7.11 Å². The van der Waals surface area contributed by atoms with Gasteiger partial charge in [-0.25, -0.2) is 4.98 Å². The normalized spacial score (nSPS) is 17.3. The summed E-state index contributed by atoms with van der Waals surface area (Å²) in [6.07, 6.45) is 0. The maximum Gasteiger partial charge on any atom is 0.228 e. The molecule has 5 nitrogen and oxygen atoms in total. The Morgan fingerprint density at radius 2 is 1.71 bits per heavy atom. The zero-order valence-corrected chi connectivity index (χ0v) is 11.0. The van der Waals surface area contributed by atoms with Gasteiger partial charge >= 0.3 is 0 Å². The van der Waals surface area contributed by atoms with Gasteiger partial charge in [-0.2, -0.15) is 4.98 Å². The number of hydrogen-bond donors (Lipinski definition) is 0. The van der Waals surface area contributed by atoms with Gasteiger partial charge in [0.15, 0.2) is 0 Å². The molecule has 1 aromatic rings. The Balaban J connectivity index is 2.24. The fraction of sp³-hybridized carbons (Fsp3) is 0.667. The highest BCUT2D eigenvalue weighted by atomic mass is 16.5. The number of anilines is 1. The van der Waals surface area contributed by atoms with Crippen molar-refractivity contribution in [3.63, 3.8) is 0 Å². The number of ether oxygens (including phenoxy) is 1. The van der Waals surface area contributed by atoms with Crippen LogP contribution < -0.4 is 9.64 Å². The predicted molar refractivity (Wildman–Crippen MR) is 67.8 cm³/mol. The van der Waals surface area contributed by atoms with Crippen molar-refractivity contribution in [3.05, 3.63) is 11.3 Å². The number of rotatable bonds is 2. The number of aryl methyl sites for hydroxylation is 1. The van der Waals surface area contributed by atoms with Crippen molar-refractivity contribution < 1.29 is 4.74 Å². The number of likely N-dealkylation sites (N-methyl/N-ethyl adjacent to an activating group) is 1. The van der Waals surface area contributed by atoms with Crippen molar-refractivity contribution in [2.24, 2.45) is 0 Å². The lowest BCUT2D eigenvalue weighted by Crippen LogP contribution is -2.45. The van der Waals surface area contributed by atoms with Crippen LogP contribution in [-0.2, 0) is 0 Å². The van der Waals surface area contributed by atoms with Crippen LogP contribution in [0.15, 0.2) is 0 Å². The van der Waals surface area contributed by atoms with Crippen LogP contribution in [0, 0.1) is 13.8 Å². The second-order valence-electron chi connectivity index (χ2n) is 4.53. The first kappa shape index (κ1) is 12.1. The third-order valence-corrected chi connectivity index (χ3v) is 3.31. The fourth-order valence-corrected chi connectivity index (χ4v) is 1.93. The average molecular weight is 236 g/mol. The van der Waals surface area contributed by atoms with E-state index in [-0.39, 0.29) is 0 Å². The van der Waals surface area contributed by atoms with Crippen LogP contribution in [-0.4, -0.2) is 55.2 Å². The van der Waals surface area contributed by atoms with Gasteiger partial charge in [-0.05, 0) is 20.9 Å². The van der Waals surface area contributed by atoms with Crippen molar-refractivity contribution in [2.75, 3.05) is 45.2 Å². The maximum absolute atomic E-state index is 5.29. The molecule has 94 valence electrons. The highest BCUT2D eigenvalue weighted by Crippen LogP contribution is 2.21. The Morgan fingerprint density at radius 1 is 1.06 bits per heavy atom. The minimum absolute atomic E-state index is 0.687. The van der Waals surface area contributed by atoms with E-state index in [9.17, 15) is 0 Å². The van der Waals surface area contributed by atoms with Crippen LogP contribution >= 0.6 is 0 Å². The van der Waals surface area contributed by atoms with Crippen molar-refractivity contribution in [1.82, 2.24) is 14.9 Å². The molecule has 0 N–H and O–H groups in total. The van der Waals surface area contributed by atoms with Gasteiger partial charge in [-0.15, -0.1) is 0 Å². The highest BCUT2D eigenvalue weighted by molar-refractivity contribution is 5.39. The fourth-order valence-electron chi connectivity index (χ4n) is 1.93. The zero-order valence-electron chi connectivity index (χ0n) is 11.0. The first-order valence-electron chi connectivity index (χ1n) is 5.94. The van der Waals surface area contributed by atoms with E-state index in [1.165, 1.54) is 0 Å². The van der Waals surface area contributed by atoms with E-state index >= 15 is 0 Å². The van der Waals surface area contributed by atoms with E-state index < -0.39 is 0 Å². The molecule has 1 aromatic heterocycles. The van der Waals surface area contributed by atoms with Gasteiger partial charge < -0.3 is 14.5 Å². The van der Waals surface area contributed by atoms with E-state index in [1.807, 2.05) is 13.8 Å². The first-order chi connectivity index (χ1) is 8.11. The summed E-state index contributed by atoms with van der Waals surface area (Å²) in [5.41, 5.74) is 2.01. The van der Waals surface area contributed by atoms with Gasteiger partial charge in [0.2, 0.25) is 11.8 Å². The molecule has 0 radical (unpaired) electrons. The number of piperazine rings is 1. The molecule has 0 unspecified atom stereocenters. The van der Waals surface area contributed by atoms with Gasteiger partial charge in [0.05, 0.1) is 7.11 Å². The molecule has 0 saturated carbocycles. The van der Waals surface area contributed by atoms with Crippen LogP contribution in [0.2, 0.25) is 0 Å². The SMILES string of the molecule is COc1nc(N2CCN(C)CC2)nc(C)c1C. The average Bonchev–Trinajstić information content (AvgIpc) is 2.33. The largest absolute Gasteiger partial charge is 0.481 e. The van der Waals surface area contributed by atoms with Crippen LogP contribution in [0.3, 0.4) is 0 Å². The molecular weight excluding hydrogens is 216 g/mol. The topological polar surface area (TPSA) is 41.5 Å². The number of aromatic nitrogens is 2. The lowest BCUT2D eigenvalue weighted by atomic mass is 10.2. The molecular formula is C12H20N4O. The quantitative estimate of drug-likeness (QED) is 0.761. The first-order valence-corrected chi connectivity index (χ1v) is 5.94. The Bertz CT molecular complexity index is 400. The minimum atomic E-state index is 0.687. The Labute approximate surface area is 102 Å². The Hall–Kier alpha value is -1.36. The smallest absolute Gasteiger partial charge is 0.228 e. The van der Waals surface area contributed by atoms with Gasteiger partial charge in [0, 0.05) is 37.4 Å². The van der Waals surface area contributed by atoms with Gasteiger partial charge in [-0.3, -0.25) is 0 Å². The second kappa shape index (κ2) is 4.87. The van der Waals surface area contributed by atoms with Crippen molar-refractivity contribution in [1.29, 1.82) is 0 Å². The summed E-state index contributed by atoms with van der Waals surface area (Å²) < 4.78 is 5.29. The molecule has 2 rings (SSSR count). The summed E-state index contributed by atoms with van der Waals surface area (Å²) in [6.45, 7) is 8.04. The highest BCUT2D eigenvalue weighted by Gasteiger charge is 2.18. The summed E-state index contributed by atoms with van der Waals surface area (Å²) >= 11 is 0. The van der Waals surface area contributed by atoms with Crippen LogP contribution in [0.4, 0.5) is 5.95 Å². The molecule has 1 saturated heterocycles. The van der Waals surface area contributed by atoms with Gasteiger partial charge in [0.1, 0.15) is 0 Å². The van der Waals surface area contributed by atoms with Crippen molar-refractivity contribution >= 4 is 5.95 Å². The molecule has 17 heavy (non-hydrogen) atoms. The Morgan fingerprint density at radius 3 is 2.29 bits per heavy atom. The van der Waals surface area contributed by atoms with Crippen LogP contribution in [0.25, 0.3) is 0 Å². The van der Waals surface area contributed by atoms with Crippen molar-refractivity contribution in [2.45, 2.75) is 13.8 Å². The third kappa shape index (κ3) is 2.49. The molecule has 5 heteroatoms. The molecule has 0 aromatic carbocycles. The number of hydrogen-bond acceptors (Lipinski definition) is 5. The van der Waals surface area contributed by atoms with E-state index in [4.69, 9.17) is 4.74 Å². The maximum atomic E-state index is 5.29. The summed E-state index contributed by atoms with van der Waals surface area (Å²) in [5.74, 6) is 1.48. The molecule has 1 aliphatic rings. The predicted octanol–water partition coefficient (Wildman–Crippen LogP) is 0.854. The summed E-state index contributed by atoms with van der Waals surface area (Å²) in [7, 11) is 3.79. The monoisotopic (exact) mass is 236 g/mol. The van der Waals surface area contributed by atoms with Gasteiger partial charge in [0.25, 0.3) is 0 Å². The van der Waals surface area contributed by atoms with Gasteiger partial charge in [-0.1, -0.05) is 0 Å². The summed E-state index contributed by atoms with van der Waals surface area (Å²) in [4.78, 5) is 13.6. The van der Waals surface area contributed by atoms with E-state index in [2.05, 4.69) is 26.8 Å². The lowest BCUT2D eigenvalue weighted by Gasteiger charge is -2.32. The van der Waals surface area contributed by atoms with E-state index in [0.29, 0.717) is 5.88 Å².